The van der Waals surface area contributed by atoms with Crippen molar-refractivity contribution in [1.29, 1.82) is 0 Å². The van der Waals surface area contributed by atoms with Crippen LogP contribution in [0.1, 0.15) is 32.8 Å². The minimum Gasteiger partial charge on any atom is -0.449 e. The number of ether oxygens (including phenoxy) is 2. The fourth-order valence-corrected chi connectivity index (χ4v) is 1.65. The third-order valence-corrected chi connectivity index (χ3v) is 2.73. The molecule has 2 rings (SSSR count). The molecule has 1 aliphatic rings. The molecule has 76 valence electrons. The molecule has 0 saturated carbocycles. The van der Waals surface area contributed by atoms with Gasteiger partial charge in [-0.2, -0.15) is 0 Å². The van der Waals surface area contributed by atoms with Crippen LogP contribution in [0.5, 0.6) is 11.5 Å². The summed E-state index contributed by atoms with van der Waals surface area (Å²) >= 11 is 0. The zero-order valence-electron chi connectivity index (χ0n) is 8.96. The second-order valence-corrected chi connectivity index (χ2v) is 3.79. The number of para-hydroxylation sites is 1. The van der Waals surface area contributed by atoms with Crippen molar-refractivity contribution in [3.05, 3.63) is 23.8 Å². The minimum absolute atomic E-state index is 0.465. The minimum atomic E-state index is -0.465. The maximum absolute atomic E-state index is 5.84. The summed E-state index contributed by atoms with van der Waals surface area (Å²) in [7, 11) is 0. The lowest BCUT2D eigenvalue weighted by Gasteiger charge is -2.20. The summed E-state index contributed by atoms with van der Waals surface area (Å²) in [6, 6.07) is 6.07. The molecule has 1 atom stereocenters. The first-order valence-corrected chi connectivity index (χ1v) is 5.18. The maximum Gasteiger partial charge on any atom is 0.248 e. The largest absolute Gasteiger partial charge is 0.449 e. The average molecular weight is 192 g/mol. The van der Waals surface area contributed by atoms with Crippen molar-refractivity contribution < 1.29 is 9.47 Å². The molecule has 14 heavy (non-hydrogen) atoms. The zero-order valence-corrected chi connectivity index (χ0v) is 8.96. The van der Waals surface area contributed by atoms with Crippen molar-refractivity contribution in [2.24, 2.45) is 0 Å². The van der Waals surface area contributed by atoms with Gasteiger partial charge in [-0.1, -0.05) is 26.0 Å². The standard InChI is InChI=1S/C12H16O2/c1-4-9-7-6-8-10-11(9)14-12(3,5-2)13-10/h6-8H,4-5H2,1-3H3. The smallest absolute Gasteiger partial charge is 0.248 e. The third kappa shape index (κ3) is 1.35. The second kappa shape index (κ2) is 3.19. The van der Waals surface area contributed by atoms with Crippen LogP contribution in [-0.4, -0.2) is 5.79 Å². The summed E-state index contributed by atoms with van der Waals surface area (Å²) in [5.74, 6) is 1.35. The van der Waals surface area contributed by atoms with Crippen molar-refractivity contribution in [1.82, 2.24) is 0 Å². The first-order valence-electron chi connectivity index (χ1n) is 5.18. The van der Waals surface area contributed by atoms with Crippen molar-refractivity contribution in [3.8, 4) is 11.5 Å². The van der Waals surface area contributed by atoms with Gasteiger partial charge in [0.05, 0.1) is 0 Å². The summed E-state index contributed by atoms with van der Waals surface area (Å²) in [6.45, 7) is 6.17. The van der Waals surface area contributed by atoms with E-state index < -0.39 is 5.79 Å². The van der Waals surface area contributed by atoms with Gasteiger partial charge in [-0.15, -0.1) is 0 Å². The maximum atomic E-state index is 5.84. The molecule has 1 heterocycles. The molecule has 0 fully saturated rings. The lowest BCUT2D eigenvalue weighted by Crippen LogP contribution is -2.33. The number of fused-ring (bicyclic) bond motifs is 1. The first kappa shape index (κ1) is 9.38. The quantitative estimate of drug-likeness (QED) is 0.716. The van der Waals surface area contributed by atoms with Gasteiger partial charge >= 0.3 is 0 Å². The summed E-state index contributed by atoms with van der Waals surface area (Å²) in [6.07, 6.45) is 1.83. The zero-order chi connectivity index (χ0) is 10.2. The van der Waals surface area contributed by atoms with E-state index in [1.807, 2.05) is 19.1 Å². The SMILES string of the molecule is CCc1cccc2c1OC(C)(CC)O2. The van der Waals surface area contributed by atoms with Crippen LogP contribution in [0.15, 0.2) is 18.2 Å². The van der Waals surface area contributed by atoms with E-state index in [9.17, 15) is 0 Å². The first-order chi connectivity index (χ1) is 6.68. The van der Waals surface area contributed by atoms with E-state index in [0.29, 0.717) is 0 Å². The molecule has 1 aliphatic heterocycles. The molecule has 0 aromatic heterocycles. The molecule has 0 amide bonds. The highest BCUT2D eigenvalue weighted by atomic mass is 16.7. The van der Waals surface area contributed by atoms with Crippen molar-refractivity contribution in [2.75, 3.05) is 0 Å². The number of benzene rings is 1. The van der Waals surface area contributed by atoms with Gasteiger partial charge < -0.3 is 9.47 Å². The highest BCUT2D eigenvalue weighted by Gasteiger charge is 2.35. The molecule has 0 aliphatic carbocycles. The predicted octanol–water partition coefficient (Wildman–Crippen LogP) is 3.15. The Labute approximate surface area is 84.8 Å². The highest BCUT2D eigenvalue weighted by Crippen LogP contribution is 2.42. The number of hydrogen-bond donors (Lipinski definition) is 0. The number of rotatable bonds is 2. The predicted molar refractivity (Wildman–Crippen MR) is 55.8 cm³/mol. The Morgan fingerprint density at radius 1 is 1.21 bits per heavy atom. The Kier molecular flexibility index (Phi) is 2.14. The highest BCUT2D eigenvalue weighted by molar-refractivity contribution is 5.49. The van der Waals surface area contributed by atoms with E-state index in [-0.39, 0.29) is 0 Å². The Hall–Kier alpha value is -1.18. The number of hydrogen-bond acceptors (Lipinski definition) is 2. The van der Waals surface area contributed by atoms with Gasteiger partial charge in [0.2, 0.25) is 5.79 Å². The molecule has 1 aromatic carbocycles. The fraction of sp³-hybridized carbons (Fsp3) is 0.500. The van der Waals surface area contributed by atoms with Crippen LogP contribution in [0, 0.1) is 0 Å². The summed E-state index contributed by atoms with van der Waals surface area (Å²) in [4.78, 5) is 0. The van der Waals surface area contributed by atoms with E-state index >= 15 is 0 Å². The number of aryl methyl sites for hydroxylation is 1. The second-order valence-electron chi connectivity index (χ2n) is 3.79. The third-order valence-electron chi connectivity index (χ3n) is 2.73. The fourth-order valence-electron chi connectivity index (χ4n) is 1.65. The van der Waals surface area contributed by atoms with E-state index in [2.05, 4.69) is 19.9 Å². The Bertz CT molecular complexity index is 346. The van der Waals surface area contributed by atoms with Gasteiger partial charge in [-0.25, -0.2) is 0 Å². The Balaban J connectivity index is 2.39. The van der Waals surface area contributed by atoms with Crippen LogP contribution in [0.4, 0.5) is 0 Å². The van der Waals surface area contributed by atoms with Crippen molar-refractivity contribution in [2.45, 2.75) is 39.4 Å². The van der Waals surface area contributed by atoms with E-state index in [4.69, 9.17) is 9.47 Å². The van der Waals surface area contributed by atoms with Gasteiger partial charge in [0.25, 0.3) is 0 Å². The lowest BCUT2D eigenvalue weighted by molar-refractivity contribution is -0.0643. The van der Waals surface area contributed by atoms with E-state index in [1.54, 1.807) is 0 Å². The van der Waals surface area contributed by atoms with Gasteiger partial charge in [0.15, 0.2) is 11.5 Å². The van der Waals surface area contributed by atoms with Crippen LogP contribution >= 0.6 is 0 Å². The summed E-state index contributed by atoms with van der Waals surface area (Å²) in [5, 5.41) is 0. The summed E-state index contributed by atoms with van der Waals surface area (Å²) in [5.41, 5.74) is 1.22. The summed E-state index contributed by atoms with van der Waals surface area (Å²) < 4.78 is 11.6. The Morgan fingerprint density at radius 2 is 2.00 bits per heavy atom. The van der Waals surface area contributed by atoms with E-state index in [1.165, 1.54) is 5.56 Å². The normalized spacial score (nSPS) is 23.9. The van der Waals surface area contributed by atoms with Gasteiger partial charge in [-0.05, 0) is 18.1 Å². The lowest BCUT2D eigenvalue weighted by atomic mass is 10.1. The molecule has 0 saturated heterocycles. The molecule has 2 nitrogen and oxygen atoms in total. The molecule has 0 N–H and O–H groups in total. The van der Waals surface area contributed by atoms with Crippen LogP contribution < -0.4 is 9.47 Å². The van der Waals surface area contributed by atoms with Gasteiger partial charge in [0.1, 0.15) is 0 Å². The molecule has 0 radical (unpaired) electrons. The van der Waals surface area contributed by atoms with Crippen LogP contribution in [-0.2, 0) is 6.42 Å². The van der Waals surface area contributed by atoms with Crippen LogP contribution in [0.2, 0.25) is 0 Å². The molecule has 0 bridgehead atoms. The molecular weight excluding hydrogens is 176 g/mol. The van der Waals surface area contributed by atoms with Crippen molar-refractivity contribution in [3.63, 3.8) is 0 Å². The Morgan fingerprint density at radius 3 is 2.64 bits per heavy atom. The molecule has 0 spiro atoms. The van der Waals surface area contributed by atoms with Gasteiger partial charge in [0, 0.05) is 13.3 Å². The van der Waals surface area contributed by atoms with Crippen LogP contribution in [0.25, 0.3) is 0 Å². The molecule has 1 unspecified atom stereocenters. The van der Waals surface area contributed by atoms with E-state index in [0.717, 1.165) is 24.3 Å². The topological polar surface area (TPSA) is 18.5 Å². The molecule has 1 aromatic rings. The molecule has 2 heteroatoms. The average Bonchev–Trinajstić information content (AvgIpc) is 2.54. The van der Waals surface area contributed by atoms with Crippen molar-refractivity contribution >= 4 is 0 Å². The van der Waals surface area contributed by atoms with Crippen LogP contribution in [0.3, 0.4) is 0 Å². The monoisotopic (exact) mass is 192 g/mol. The molecular formula is C12H16O2. The van der Waals surface area contributed by atoms with Gasteiger partial charge in [-0.3, -0.25) is 0 Å².